The Morgan fingerprint density at radius 1 is 1.17 bits per heavy atom. The zero-order chi connectivity index (χ0) is 15.9. The van der Waals surface area contributed by atoms with Crippen molar-refractivity contribution in [3.8, 4) is 0 Å². The van der Waals surface area contributed by atoms with Crippen LogP contribution in [0.3, 0.4) is 0 Å². The molecular weight excluding hydrogens is 312 g/mol. The fourth-order valence-electron chi connectivity index (χ4n) is 4.35. The van der Waals surface area contributed by atoms with Crippen LogP contribution in [0.25, 0.3) is 0 Å². The number of anilines is 1. The van der Waals surface area contributed by atoms with E-state index in [1.165, 1.54) is 6.42 Å². The van der Waals surface area contributed by atoms with E-state index in [1.807, 2.05) is 29.2 Å². The van der Waals surface area contributed by atoms with E-state index in [-0.39, 0.29) is 11.9 Å². The zero-order valence-corrected chi connectivity index (χ0v) is 14.1. The lowest BCUT2D eigenvalue weighted by Crippen LogP contribution is -2.42. The van der Waals surface area contributed by atoms with Crippen molar-refractivity contribution in [1.82, 2.24) is 4.90 Å². The molecule has 1 aromatic carbocycles. The Hall–Kier alpha value is -1.10. The van der Waals surface area contributed by atoms with Crippen molar-refractivity contribution in [3.63, 3.8) is 0 Å². The lowest BCUT2D eigenvalue weighted by Gasteiger charge is -2.34. The number of likely N-dealkylation sites (tertiary alicyclic amines) is 1. The summed E-state index contributed by atoms with van der Waals surface area (Å²) in [6.07, 6.45) is 4.40. The second-order valence-corrected chi connectivity index (χ2v) is 7.54. The van der Waals surface area contributed by atoms with E-state index in [9.17, 15) is 4.79 Å². The maximum absolute atomic E-state index is 12.9. The fourth-order valence-corrected chi connectivity index (χ4v) is 4.54. The molecule has 0 radical (unpaired) electrons. The first-order valence-electron chi connectivity index (χ1n) is 8.56. The van der Waals surface area contributed by atoms with Crippen molar-refractivity contribution in [3.05, 3.63) is 29.3 Å². The lowest BCUT2D eigenvalue weighted by molar-refractivity contribution is -0.121. The molecule has 0 unspecified atom stereocenters. The average molecular weight is 335 g/mol. The molecule has 3 aliphatic heterocycles. The zero-order valence-electron chi connectivity index (χ0n) is 13.3. The summed E-state index contributed by atoms with van der Waals surface area (Å²) < 4.78 is 5.52. The molecule has 23 heavy (non-hydrogen) atoms. The van der Waals surface area contributed by atoms with Gasteiger partial charge in [0.2, 0.25) is 5.91 Å². The number of rotatable bonds is 2. The molecule has 0 aromatic heterocycles. The first-order chi connectivity index (χ1) is 11.2. The molecule has 4 rings (SSSR count). The monoisotopic (exact) mass is 334 g/mol. The summed E-state index contributed by atoms with van der Waals surface area (Å²) in [7, 11) is 0. The Morgan fingerprint density at radius 2 is 2.00 bits per heavy atom. The van der Waals surface area contributed by atoms with Crippen LogP contribution in [0, 0.1) is 5.41 Å². The lowest BCUT2D eigenvalue weighted by atomic mass is 9.80. The maximum Gasteiger partial charge on any atom is 0.244 e. The van der Waals surface area contributed by atoms with E-state index in [4.69, 9.17) is 16.3 Å². The second kappa shape index (κ2) is 6.08. The van der Waals surface area contributed by atoms with Gasteiger partial charge in [0.1, 0.15) is 0 Å². The molecule has 1 atom stereocenters. The molecule has 0 aliphatic carbocycles. The van der Waals surface area contributed by atoms with Gasteiger partial charge in [0.05, 0.1) is 6.04 Å². The van der Waals surface area contributed by atoms with Gasteiger partial charge in [-0.15, -0.1) is 0 Å². The van der Waals surface area contributed by atoms with Crippen LogP contribution in [0.5, 0.6) is 0 Å². The van der Waals surface area contributed by atoms with E-state index >= 15 is 0 Å². The molecule has 3 heterocycles. The average Bonchev–Trinajstić information content (AvgIpc) is 3.12. The number of carbonyl (C=O) groups is 1. The normalized spacial score (nSPS) is 28.0. The van der Waals surface area contributed by atoms with Crippen molar-refractivity contribution in [1.29, 1.82) is 0 Å². The number of hydrogen-bond acceptors (Lipinski definition) is 3. The molecule has 124 valence electrons. The molecule has 5 heteroatoms. The summed E-state index contributed by atoms with van der Waals surface area (Å²) >= 11 is 6.07. The number of carbonyl (C=O) groups excluding carboxylic acids is 1. The molecule has 3 saturated heterocycles. The first kappa shape index (κ1) is 15.4. The third-order valence-corrected chi connectivity index (χ3v) is 5.99. The van der Waals surface area contributed by atoms with Gasteiger partial charge in [0.25, 0.3) is 0 Å². The predicted molar refractivity (Wildman–Crippen MR) is 90.9 cm³/mol. The molecule has 0 saturated carbocycles. The Labute approximate surface area is 142 Å². The van der Waals surface area contributed by atoms with Gasteiger partial charge < -0.3 is 9.64 Å². The van der Waals surface area contributed by atoms with Gasteiger partial charge in [-0.25, -0.2) is 0 Å². The van der Waals surface area contributed by atoms with Gasteiger partial charge in [-0.3, -0.25) is 9.69 Å². The van der Waals surface area contributed by atoms with Crippen LogP contribution in [0.15, 0.2) is 24.3 Å². The minimum atomic E-state index is 0.0381. The Kier molecular flexibility index (Phi) is 4.08. The topological polar surface area (TPSA) is 32.8 Å². The van der Waals surface area contributed by atoms with E-state index < -0.39 is 0 Å². The predicted octanol–water partition coefficient (Wildman–Crippen LogP) is 2.95. The summed E-state index contributed by atoms with van der Waals surface area (Å²) in [4.78, 5) is 17.2. The van der Waals surface area contributed by atoms with Crippen molar-refractivity contribution in [2.75, 3.05) is 37.7 Å². The van der Waals surface area contributed by atoms with Crippen LogP contribution in [0.4, 0.5) is 5.69 Å². The molecule has 4 nitrogen and oxygen atoms in total. The highest BCUT2D eigenvalue weighted by Gasteiger charge is 2.45. The van der Waals surface area contributed by atoms with Crippen molar-refractivity contribution in [2.24, 2.45) is 5.41 Å². The fraction of sp³-hybridized carbons (Fsp3) is 0.611. The summed E-state index contributed by atoms with van der Waals surface area (Å²) in [6.45, 7) is 4.63. The maximum atomic E-state index is 12.9. The number of ether oxygens (including phenoxy) is 1. The molecule has 0 N–H and O–H groups in total. The molecule has 3 fully saturated rings. The summed E-state index contributed by atoms with van der Waals surface area (Å²) in [5, 5.41) is 0.682. The van der Waals surface area contributed by atoms with Crippen molar-refractivity contribution < 1.29 is 9.53 Å². The first-order valence-corrected chi connectivity index (χ1v) is 8.94. The molecular formula is C18H23ClN2O2. The van der Waals surface area contributed by atoms with Crippen LogP contribution in [-0.4, -0.2) is 49.7 Å². The van der Waals surface area contributed by atoms with Crippen LogP contribution < -0.4 is 4.90 Å². The number of halogens is 1. The Balaban J connectivity index is 1.46. The number of hydrogen-bond donors (Lipinski definition) is 0. The van der Waals surface area contributed by atoms with E-state index in [2.05, 4.69) is 4.90 Å². The van der Waals surface area contributed by atoms with Gasteiger partial charge >= 0.3 is 0 Å². The van der Waals surface area contributed by atoms with Gasteiger partial charge in [0.15, 0.2) is 0 Å². The second-order valence-electron chi connectivity index (χ2n) is 7.11. The summed E-state index contributed by atoms with van der Waals surface area (Å²) in [6, 6.07) is 7.64. The van der Waals surface area contributed by atoms with Gasteiger partial charge in [-0.2, -0.15) is 0 Å². The van der Waals surface area contributed by atoms with Crippen molar-refractivity contribution >= 4 is 23.2 Å². The minimum Gasteiger partial charge on any atom is -0.381 e. The van der Waals surface area contributed by atoms with Gasteiger partial charge in [-0.05, 0) is 55.8 Å². The van der Waals surface area contributed by atoms with Crippen molar-refractivity contribution in [2.45, 2.75) is 31.7 Å². The molecule has 1 amide bonds. The number of benzene rings is 1. The Bertz CT molecular complexity index is 600. The highest BCUT2D eigenvalue weighted by molar-refractivity contribution is 6.30. The molecule has 0 bridgehead atoms. The van der Waals surface area contributed by atoms with E-state index in [0.717, 1.165) is 57.8 Å². The van der Waals surface area contributed by atoms with Crippen LogP contribution in [0.1, 0.15) is 25.7 Å². The third kappa shape index (κ3) is 2.88. The molecule has 3 aliphatic rings. The highest BCUT2D eigenvalue weighted by atomic mass is 35.5. The van der Waals surface area contributed by atoms with Crippen LogP contribution in [0.2, 0.25) is 5.02 Å². The van der Waals surface area contributed by atoms with E-state index in [1.54, 1.807) is 0 Å². The third-order valence-electron chi connectivity index (χ3n) is 5.76. The quantitative estimate of drug-likeness (QED) is 0.833. The smallest absolute Gasteiger partial charge is 0.244 e. The summed E-state index contributed by atoms with van der Waals surface area (Å²) in [5.74, 6) is 0.233. The van der Waals surface area contributed by atoms with Crippen LogP contribution >= 0.6 is 11.6 Å². The van der Waals surface area contributed by atoms with E-state index in [0.29, 0.717) is 10.4 Å². The van der Waals surface area contributed by atoms with Gasteiger partial charge in [0, 0.05) is 37.0 Å². The number of amides is 1. The SMILES string of the molecule is O=C1[C@@H](N2CCC3(CCOCC3)C2)CCN1c1cccc(Cl)c1. The Morgan fingerprint density at radius 3 is 2.78 bits per heavy atom. The van der Waals surface area contributed by atoms with Crippen LogP contribution in [-0.2, 0) is 9.53 Å². The largest absolute Gasteiger partial charge is 0.381 e. The number of nitrogens with zero attached hydrogens (tertiary/aromatic N) is 2. The highest BCUT2D eigenvalue weighted by Crippen LogP contribution is 2.41. The minimum absolute atomic E-state index is 0.0381. The molecule has 1 spiro atoms. The standard InChI is InChI=1S/C18H23ClN2O2/c19-14-2-1-3-15(12-14)21-8-4-16(17(21)22)20-9-5-18(13-20)6-10-23-11-7-18/h1-3,12,16H,4-11,13H2/t16-/m0/s1. The van der Waals surface area contributed by atoms with Gasteiger partial charge in [-0.1, -0.05) is 17.7 Å². The summed E-state index contributed by atoms with van der Waals surface area (Å²) in [5.41, 5.74) is 1.31. The molecule has 1 aromatic rings.